The molecule has 1 aliphatic rings. The Hall–Kier alpha value is -1.35. The van der Waals surface area contributed by atoms with Crippen LogP contribution >= 0.6 is 0 Å². The predicted octanol–water partition coefficient (Wildman–Crippen LogP) is 2.87. The Morgan fingerprint density at radius 3 is 2.58 bits per heavy atom. The molecular formula is C16H23NO2. The third kappa shape index (κ3) is 3.80. The fourth-order valence-corrected chi connectivity index (χ4v) is 3.06. The molecular weight excluding hydrogens is 238 g/mol. The third-order valence-electron chi connectivity index (χ3n) is 3.86. The summed E-state index contributed by atoms with van der Waals surface area (Å²) in [6, 6.07) is 10.3. The summed E-state index contributed by atoms with van der Waals surface area (Å²) < 4.78 is 0. The maximum absolute atomic E-state index is 11.4. The number of carbonyl (C=O) groups is 1. The molecule has 0 amide bonds. The number of hydrogen-bond donors (Lipinski definition) is 1. The lowest BCUT2D eigenvalue weighted by Gasteiger charge is -2.17. The molecule has 0 aromatic heterocycles. The highest BCUT2D eigenvalue weighted by Gasteiger charge is 2.37. The Morgan fingerprint density at radius 2 is 2.00 bits per heavy atom. The van der Waals surface area contributed by atoms with E-state index in [4.69, 9.17) is 0 Å². The molecule has 0 saturated carbocycles. The van der Waals surface area contributed by atoms with Crippen molar-refractivity contribution < 1.29 is 9.90 Å². The first-order valence-electron chi connectivity index (χ1n) is 7.05. The van der Waals surface area contributed by atoms with Crippen molar-refractivity contribution in [1.29, 1.82) is 0 Å². The number of hydrogen-bond acceptors (Lipinski definition) is 2. The molecule has 1 aromatic carbocycles. The molecule has 2 rings (SSSR count). The Labute approximate surface area is 115 Å². The van der Waals surface area contributed by atoms with E-state index in [1.54, 1.807) is 0 Å². The van der Waals surface area contributed by atoms with Crippen LogP contribution in [0.15, 0.2) is 30.3 Å². The Bertz CT molecular complexity index is 416. The summed E-state index contributed by atoms with van der Waals surface area (Å²) in [5.41, 5.74) is 1.26. The van der Waals surface area contributed by atoms with Gasteiger partial charge in [0.2, 0.25) is 0 Å². The van der Waals surface area contributed by atoms with Crippen LogP contribution in [0.1, 0.15) is 25.8 Å². The van der Waals surface area contributed by atoms with Crippen LogP contribution in [0.3, 0.4) is 0 Å². The first-order chi connectivity index (χ1) is 9.06. The van der Waals surface area contributed by atoms with Crippen LogP contribution < -0.4 is 0 Å². The standard InChI is InChI=1S/C16H23NO2/c1-12(2)8-14-10-17(11-15(14)16(18)19)9-13-6-4-3-5-7-13/h3-7,12,14-15H,8-11H2,1-2H3,(H,18,19)/t14-,15?/m0/s1. The summed E-state index contributed by atoms with van der Waals surface area (Å²) in [5, 5.41) is 9.35. The second kappa shape index (κ2) is 6.20. The molecule has 1 aliphatic heterocycles. The van der Waals surface area contributed by atoms with Crippen LogP contribution in [0.5, 0.6) is 0 Å². The molecule has 1 saturated heterocycles. The van der Waals surface area contributed by atoms with E-state index < -0.39 is 5.97 Å². The summed E-state index contributed by atoms with van der Waals surface area (Å²) in [7, 11) is 0. The van der Waals surface area contributed by atoms with Crippen molar-refractivity contribution in [2.24, 2.45) is 17.8 Å². The van der Waals surface area contributed by atoms with Crippen molar-refractivity contribution in [1.82, 2.24) is 4.90 Å². The number of likely N-dealkylation sites (tertiary alicyclic amines) is 1. The largest absolute Gasteiger partial charge is 0.481 e. The lowest BCUT2D eigenvalue weighted by molar-refractivity contribution is -0.142. The zero-order valence-corrected chi connectivity index (χ0v) is 11.7. The molecule has 0 radical (unpaired) electrons. The first-order valence-corrected chi connectivity index (χ1v) is 7.05. The molecule has 0 aliphatic carbocycles. The van der Waals surface area contributed by atoms with Crippen LogP contribution in [0.4, 0.5) is 0 Å². The van der Waals surface area contributed by atoms with Crippen molar-refractivity contribution in [3.05, 3.63) is 35.9 Å². The van der Waals surface area contributed by atoms with E-state index in [-0.39, 0.29) is 5.92 Å². The minimum atomic E-state index is -0.638. The van der Waals surface area contributed by atoms with Crippen LogP contribution in [-0.4, -0.2) is 29.1 Å². The SMILES string of the molecule is CC(C)C[C@H]1CN(Cc2ccccc2)CC1C(=O)O. The van der Waals surface area contributed by atoms with Gasteiger partial charge in [0.05, 0.1) is 5.92 Å². The van der Waals surface area contributed by atoms with Crippen LogP contribution in [0, 0.1) is 17.8 Å². The van der Waals surface area contributed by atoms with Gasteiger partial charge in [-0.3, -0.25) is 9.69 Å². The zero-order valence-electron chi connectivity index (χ0n) is 11.7. The first kappa shape index (κ1) is 14.1. The van der Waals surface area contributed by atoms with Crippen LogP contribution in [-0.2, 0) is 11.3 Å². The van der Waals surface area contributed by atoms with E-state index in [0.717, 1.165) is 19.5 Å². The highest BCUT2D eigenvalue weighted by Crippen LogP contribution is 2.30. The number of aliphatic carboxylic acids is 1. The maximum Gasteiger partial charge on any atom is 0.308 e. The van der Waals surface area contributed by atoms with Gasteiger partial charge in [-0.1, -0.05) is 44.2 Å². The molecule has 0 bridgehead atoms. The summed E-state index contributed by atoms with van der Waals surface area (Å²) >= 11 is 0. The monoisotopic (exact) mass is 261 g/mol. The molecule has 1 heterocycles. The third-order valence-corrected chi connectivity index (χ3v) is 3.86. The molecule has 104 valence electrons. The quantitative estimate of drug-likeness (QED) is 0.886. The fraction of sp³-hybridized carbons (Fsp3) is 0.562. The van der Waals surface area contributed by atoms with Gasteiger partial charge in [-0.25, -0.2) is 0 Å². The molecule has 1 unspecified atom stereocenters. The van der Waals surface area contributed by atoms with Gasteiger partial charge in [0.15, 0.2) is 0 Å². The van der Waals surface area contributed by atoms with E-state index in [9.17, 15) is 9.90 Å². The second-order valence-corrected chi connectivity index (χ2v) is 6.01. The minimum Gasteiger partial charge on any atom is -0.481 e. The average Bonchev–Trinajstić information content (AvgIpc) is 2.72. The normalized spacial score (nSPS) is 23.9. The van der Waals surface area contributed by atoms with Crippen molar-refractivity contribution in [2.45, 2.75) is 26.8 Å². The average molecular weight is 261 g/mol. The van der Waals surface area contributed by atoms with E-state index in [1.807, 2.05) is 18.2 Å². The summed E-state index contributed by atoms with van der Waals surface area (Å²) in [6.45, 7) is 6.78. The second-order valence-electron chi connectivity index (χ2n) is 6.01. The van der Waals surface area contributed by atoms with Gasteiger partial charge in [0, 0.05) is 19.6 Å². The maximum atomic E-state index is 11.4. The fourth-order valence-electron chi connectivity index (χ4n) is 3.06. The molecule has 0 spiro atoms. The van der Waals surface area contributed by atoms with Gasteiger partial charge in [-0.15, -0.1) is 0 Å². The Balaban J connectivity index is 1.99. The van der Waals surface area contributed by atoms with Gasteiger partial charge in [-0.05, 0) is 23.8 Å². The van der Waals surface area contributed by atoms with E-state index in [1.165, 1.54) is 5.56 Å². The topological polar surface area (TPSA) is 40.5 Å². The summed E-state index contributed by atoms with van der Waals surface area (Å²) in [6.07, 6.45) is 1.00. The number of rotatable bonds is 5. The van der Waals surface area contributed by atoms with Gasteiger partial charge < -0.3 is 5.11 Å². The summed E-state index contributed by atoms with van der Waals surface area (Å²) in [4.78, 5) is 13.6. The lowest BCUT2D eigenvalue weighted by Crippen LogP contribution is -2.23. The summed E-state index contributed by atoms with van der Waals surface area (Å²) in [5.74, 6) is 0.0112. The van der Waals surface area contributed by atoms with Gasteiger partial charge in [-0.2, -0.15) is 0 Å². The van der Waals surface area contributed by atoms with E-state index >= 15 is 0 Å². The molecule has 1 fully saturated rings. The smallest absolute Gasteiger partial charge is 0.308 e. The number of carboxylic acid groups (broad SMARTS) is 1. The Morgan fingerprint density at radius 1 is 1.32 bits per heavy atom. The Kier molecular flexibility index (Phi) is 4.59. The van der Waals surface area contributed by atoms with Gasteiger partial charge >= 0.3 is 5.97 Å². The molecule has 3 heteroatoms. The van der Waals surface area contributed by atoms with Crippen LogP contribution in [0.25, 0.3) is 0 Å². The highest BCUT2D eigenvalue weighted by atomic mass is 16.4. The number of benzene rings is 1. The molecule has 1 N–H and O–H groups in total. The van der Waals surface area contributed by atoms with Crippen molar-refractivity contribution >= 4 is 5.97 Å². The van der Waals surface area contributed by atoms with Gasteiger partial charge in [0.25, 0.3) is 0 Å². The number of nitrogens with zero attached hydrogens (tertiary/aromatic N) is 1. The predicted molar refractivity (Wildman–Crippen MR) is 75.8 cm³/mol. The van der Waals surface area contributed by atoms with Crippen molar-refractivity contribution in [2.75, 3.05) is 13.1 Å². The molecule has 1 aromatic rings. The molecule has 2 atom stereocenters. The van der Waals surface area contributed by atoms with E-state index in [2.05, 4.69) is 30.9 Å². The molecule has 19 heavy (non-hydrogen) atoms. The van der Waals surface area contributed by atoms with Crippen molar-refractivity contribution in [3.8, 4) is 0 Å². The minimum absolute atomic E-state index is 0.203. The van der Waals surface area contributed by atoms with Crippen molar-refractivity contribution in [3.63, 3.8) is 0 Å². The highest BCUT2D eigenvalue weighted by molar-refractivity contribution is 5.71. The number of carboxylic acids is 1. The van der Waals surface area contributed by atoms with Crippen LogP contribution in [0.2, 0.25) is 0 Å². The van der Waals surface area contributed by atoms with E-state index in [0.29, 0.717) is 18.4 Å². The lowest BCUT2D eigenvalue weighted by atomic mass is 9.88. The van der Waals surface area contributed by atoms with Gasteiger partial charge in [0.1, 0.15) is 0 Å². The zero-order chi connectivity index (χ0) is 13.8. The molecule has 3 nitrogen and oxygen atoms in total.